The summed E-state index contributed by atoms with van der Waals surface area (Å²) in [6.45, 7) is 0.753. The van der Waals surface area contributed by atoms with Gasteiger partial charge in [0, 0.05) is 37.1 Å². The molecule has 3 aromatic carbocycles. The van der Waals surface area contributed by atoms with Gasteiger partial charge in [-0.1, -0.05) is 78.9 Å². The van der Waals surface area contributed by atoms with Crippen molar-refractivity contribution < 1.29 is 14.3 Å². The molecule has 5 nitrogen and oxygen atoms in total. The number of carbonyl (C=O) groups excluding carboxylic acids is 2. The van der Waals surface area contributed by atoms with Crippen molar-refractivity contribution in [2.75, 3.05) is 26.0 Å². The maximum Gasteiger partial charge on any atom is 0.312 e. The van der Waals surface area contributed by atoms with E-state index in [0.717, 1.165) is 22.4 Å². The van der Waals surface area contributed by atoms with Crippen LogP contribution in [0.2, 0.25) is 0 Å². The lowest BCUT2D eigenvalue weighted by molar-refractivity contribution is -0.146. The van der Waals surface area contributed by atoms with Crippen molar-refractivity contribution in [1.82, 2.24) is 4.90 Å². The van der Waals surface area contributed by atoms with E-state index in [-0.39, 0.29) is 11.9 Å². The van der Waals surface area contributed by atoms with Crippen molar-refractivity contribution in [3.05, 3.63) is 102 Å². The number of thioether (sulfide) groups is 1. The summed E-state index contributed by atoms with van der Waals surface area (Å²) in [5.41, 5.74) is 3.77. The molecule has 2 atom stereocenters. The number of para-hydroxylation sites is 1. The number of ether oxygens (including phenoxy) is 1. The monoisotopic (exact) mass is 460 g/mol. The van der Waals surface area contributed by atoms with Gasteiger partial charge in [0.1, 0.15) is 10.7 Å². The third-order valence-corrected chi connectivity index (χ3v) is 7.72. The molecule has 1 saturated heterocycles. The van der Waals surface area contributed by atoms with Crippen molar-refractivity contribution in [1.29, 1.82) is 0 Å². The highest BCUT2D eigenvalue weighted by Crippen LogP contribution is 2.53. The third kappa shape index (κ3) is 4.48. The molecule has 0 saturated carbocycles. The molecule has 2 unspecified atom stereocenters. The van der Waals surface area contributed by atoms with E-state index in [2.05, 4.69) is 5.32 Å². The van der Waals surface area contributed by atoms with Crippen LogP contribution in [0.1, 0.15) is 16.7 Å². The van der Waals surface area contributed by atoms with Crippen LogP contribution in [-0.4, -0.2) is 37.5 Å². The average molecular weight is 461 g/mol. The van der Waals surface area contributed by atoms with Crippen LogP contribution >= 0.6 is 11.8 Å². The lowest BCUT2D eigenvalue weighted by atomic mass is 9.86. The number of benzene rings is 3. The van der Waals surface area contributed by atoms with E-state index in [1.54, 1.807) is 4.90 Å². The Balaban J connectivity index is 1.81. The molecular formula is C27H28N2O3S. The Labute approximate surface area is 199 Å². The topological polar surface area (TPSA) is 58.6 Å². The van der Waals surface area contributed by atoms with Crippen molar-refractivity contribution >= 4 is 29.3 Å². The van der Waals surface area contributed by atoms with E-state index in [4.69, 9.17) is 4.74 Å². The summed E-state index contributed by atoms with van der Waals surface area (Å²) in [5.74, 6) is -0.477. The Morgan fingerprint density at radius 2 is 1.61 bits per heavy atom. The Morgan fingerprint density at radius 1 is 1.00 bits per heavy atom. The van der Waals surface area contributed by atoms with Crippen molar-refractivity contribution in [2.45, 2.75) is 17.0 Å². The van der Waals surface area contributed by atoms with Crippen LogP contribution in [0.3, 0.4) is 0 Å². The zero-order chi connectivity index (χ0) is 23.3. The van der Waals surface area contributed by atoms with Crippen LogP contribution in [0.15, 0.2) is 84.9 Å². The molecule has 6 heteroatoms. The van der Waals surface area contributed by atoms with Crippen LogP contribution in [0, 0.1) is 5.92 Å². The molecule has 0 spiro atoms. The average Bonchev–Trinajstić information content (AvgIpc) is 3.15. The standard InChI is InChI=1S/C27H28N2O3S/c1-28-24-16-10-9-15-22(24)27(33-19-21-13-7-4-8-14-21)23(25(30)32-2)18-29(26(27)31)17-20-11-5-3-6-12-20/h3-16,23,28H,17-19H2,1-2H3. The van der Waals surface area contributed by atoms with Gasteiger partial charge in [0.05, 0.1) is 7.11 Å². The second-order valence-corrected chi connectivity index (χ2v) is 9.27. The van der Waals surface area contributed by atoms with Gasteiger partial charge in [-0.15, -0.1) is 11.8 Å². The molecule has 1 aliphatic heterocycles. The summed E-state index contributed by atoms with van der Waals surface area (Å²) < 4.78 is 4.13. The molecule has 1 amide bonds. The quantitative estimate of drug-likeness (QED) is 0.494. The molecule has 0 bridgehead atoms. The number of rotatable bonds is 8. The van der Waals surface area contributed by atoms with E-state index >= 15 is 0 Å². The fourth-order valence-corrected chi connectivity index (χ4v) is 6.02. The molecule has 170 valence electrons. The number of esters is 1. The molecule has 4 rings (SSSR count). The second-order valence-electron chi connectivity index (χ2n) is 8.05. The first kappa shape index (κ1) is 22.9. The minimum atomic E-state index is -1.10. The summed E-state index contributed by atoms with van der Waals surface area (Å²) in [4.78, 5) is 29.1. The molecule has 0 aliphatic carbocycles. The summed E-state index contributed by atoms with van der Waals surface area (Å²) in [5, 5.41) is 3.22. The minimum absolute atomic E-state index is 0.0645. The van der Waals surface area contributed by atoms with Crippen LogP contribution < -0.4 is 5.32 Å². The molecule has 1 fully saturated rings. The van der Waals surface area contributed by atoms with Gasteiger partial charge in [-0.3, -0.25) is 9.59 Å². The predicted octanol–water partition coefficient (Wildman–Crippen LogP) is 4.69. The van der Waals surface area contributed by atoms with Gasteiger partial charge in [0.25, 0.3) is 0 Å². The van der Waals surface area contributed by atoms with Gasteiger partial charge in [0.15, 0.2) is 0 Å². The van der Waals surface area contributed by atoms with E-state index in [0.29, 0.717) is 18.8 Å². The first-order chi connectivity index (χ1) is 16.1. The van der Waals surface area contributed by atoms with Gasteiger partial charge in [-0.2, -0.15) is 0 Å². The van der Waals surface area contributed by atoms with E-state index in [9.17, 15) is 9.59 Å². The zero-order valence-electron chi connectivity index (χ0n) is 18.9. The van der Waals surface area contributed by atoms with Gasteiger partial charge < -0.3 is 15.0 Å². The Morgan fingerprint density at radius 3 is 2.24 bits per heavy atom. The smallest absolute Gasteiger partial charge is 0.312 e. The number of hydrogen-bond donors (Lipinski definition) is 1. The number of nitrogens with one attached hydrogen (secondary N) is 1. The normalized spacial score (nSPS) is 20.0. The highest BCUT2D eigenvalue weighted by Gasteiger charge is 2.59. The van der Waals surface area contributed by atoms with E-state index < -0.39 is 10.7 Å². The van der Waals surface area contributed by atoms with E-state index in [1.165, 1.54) is 18.9 Å². The number of methoxy groups -OCH3 is 1. The number of carbonyl (C=O) groups is 2. The van der Waals surface area contributed by atoms with Crippen molar-refractivity contribution in [2.24, 2.45) is 5.92 Å². The molecule has 1 N–H and O–H groups in total. The first-order valence-electron chi connectivity index (χ1n) is 11.0. The number of likely N-dealkylation sites (tertiary alicyclic amines) is 1. The van der Waals surface area contributed by atoms with Gasteiger partial charge >= 0.3 is 5.97 Å². The molecule has 1 heterocycles. The second kappa shape index (κ2) is 10.1. The van der Waals surface area contributed by atoms with Crippen LogP contribution in [0.4, 0.5) is 5.69 Å². The minimum Gasteiger partial charge on any atom is -0.469 e. The van der Waals surface area contributed by atoms with Crippen molar-refractivity contribution in [3.8, 4) is 0 Å². The predicted molar refractivity (Wildman–Crippen MR) is 133 cm³/mol. The summed E-state index contributed by atoms with van der Waals surface area (Å²) in [6.07, 6.45) is 0. The lowest BCUT2D eigenvalue weighted by Crippen LogP contribution is -2.41. The fourth-order valence-electron chi connectivity index (χ4n) is 4.48. The maximum atomic E-state index is 14.2. The van der Waals surface area contributed by atoms with Crippen LogP contribution in [-0.2, 0) is 31.4 Å². The maximum absolute atomic E-state index is 14.2. The SMILES string of the molecule is CNc1ccccc1C1(SCc2ccccc2)C(=O)N(Cc2ccccc2)CC1C(=O)OC. The largest absolute Gasteiger partial charge is 0.469 e. The Kier molecular flexibility index (Phi) is 7.04. The number of nitrogens with zero attached hydrogens (tertiary/aromatic N) is 1. The molecule has 3 aromatic rings. The van der Waals surface area contributed by atoms with Gasteiger partial charge in [0.2, 0.25) is 5.91 Å². The highest BCUT2D eigenvalue weighted by molar-refractivity contribution is 8.00. The molecular weight excluding hydrogens is 432 g/mol. The molecule has 0 radical (unpaired) electrons. The molecule has 33 heavy (non-hydrogen) atoms. The first-order valence-corrected chi connectivity index (χ1v) is 11.9. The summed E-state index contributed by atoms with van der Waals surface area (Å²) in [7, 11) is 3.23. The Bertz CT molecular complexity index is 1110. The summed E-state index contributed by atoms with van der Waals surface area (Å²) >= 11 is 1.51. The van der Waals surface area contributed by atoms with Gasteiger partial charge in [-0.25, -0.2) is 0 Å². The van der Waals surface area contributed by atoms with Crippen LogP contribution in [0.5, 0.6) is 0 Å². The highest BCUT2D eigenvalue weighted by atomic mass is 32.2. The fraction of sp³-hybridized carbons (Fsp3) is 0.259. The third-order valence-electron chi connectivity index (χ3n) is 6.11. The van der Waals surface area contributed by atoms with E-state index in [1.807, 2.05) is 92.0 Å². The van der Waals surface area contributed by atoms with Crippen molar-refractivity contribution in [3.63, 3.8) is 0 Å². The van der Waals surface area contributed by atoms with Crippen LogP contribution in [0.25, 0.3) is 0 Å². The number of hydrogen-bond acceptors (Lipinski definition) is 5. The zero-order valence-corrected chi connectivity index (χ0v) is 19.7. The number of anilines is 1. The summed E-state index contributed by atoms with van der Waals surface area (Å²) in [6, 6.07) is 27.6. The number of amides is 1. The lowest BCUT2D eigenvalue weighted by Gasteiger charge is -2.33. The Hall–Kier alpha value is -3.25. The van der Waals surface area contributed by atoms with Gasteiger partial charge in [-0.05, 0) is 17.2 Å². The molecule has 1 aliphatic rings. The molecule has 0 aromatic heterocycles.